The molecule has 1 aliphatic heterocycles. The number of amides is 1. The van der Waals surface area contributed by atoms with Crippen molar-refractivity contribution in [2.24, 2.45) is 0 Å². The van der Waals surface area contributed by atoms with E-state index in [1.54, 1.807) is 6.20 Å². The fraction of sp³-hybridized carbons (Fsp3) is 0.750. The smallest absolute Gasteiger partial charge is 0.257 e. The van der Waals surface area contributed by atoms with E-state index in [0.717, 1.165) is 12.8 Å². The number of morpholine rings is 1. The number of carbonyl (C=O) groups is 1. The average molecular weight is 291 g/mol. The Morgan fingerprint density at radius 2 is 2.10 bits per heavy atom. The van der Waals surface area contributed by atoms with Crippen LogP contribution in [0.25, 0.3) is 0 Å². The van der Waals surface area contributed by atoms with Crippen molar-refractivity contribution >= 4 is 5.91 Å². The molecule has 0 spiro atoms. The molecule has 0 aromatic carbocycles. The largest absolute Gasteiger partial charge is 0.374 e. The van der Waals surface area contributed by atoms with Gasteiger partial charge in [-0.15, -0.1) is 0 Å². The molecule has 1 aromatic rings. The van der Waals surface area contributed by atoms with Gasteiger partial charge >= 0.3 is 0 Å². The van der Waals surface area contributed by atoms with E-state index in [4.69, 9.17) is 4.74 Å². The molecule has 2 fully saturated rings. The van der Waals surface area contributed by atoms with Crippen molar-refractivity contribution in [3.63, 3.8) is 0 Å². The highest BCUT2D eigenvalue weighted by molar-refractivity contribution is 5.94. The van der Waals surface area contributed by atoms with Crippen molar-refractivity contribution in [2.45, 2.75) is 64.1 Å². The van der Waals surface area contributed by atoms with E-state index >= 15 is 0 Å². The zero-order valence-electron chi connectivity index (χ0n) is 13.2. The minimum absolute atomic E-state index is 0.100. The summed E-state index contributed by atoms with van der Waals surface area (Å²) in [4.78, 5) is 14.8. The van der Waals surface area contributed by atoms with Gasteiger partial charge < -0.3 is 9.64 Å². The molecular formula is C16H25N3O2. The molecule has 5 nitrogen and oxygen atoms in total. The maximum Gasteiger partial charge on any atom is 0.257 e. The van der Waals surface area contributed by atoms with Crippen LogP contribution in [0.1, 0.15) is 56.8 Å². The molecule has 1 saturated heterocycles. The van der Waals surface area contributed by atoms with Crippen molar-refractivity contribution in [3.05, 3.63) is 18.0 Å². The van der Waals surface area contributed by atoms with Crippen molar-refractivity contribution in [1.82, 2.24) is 14.7 Å². The second-order valence-electron chi connectivity index (χ2n) is 7.10. The van der Waals surface area contributed by atoms with E-state index in [0.29, 0.717) is 18.7 Å². The van der Waals surface area contributed by atoms with Gasteiger partial charge in [0.25, 0.3) is 5.91 Å². The summed E-state index contributed by atoms with van der Waals surface area (Å²) in [5.41, 5.74) is 0.591. The Labute approximate surface area is 126 Å². The molecule has 2 aliphatic rings. The van der Waals surface area contributed by atoms with E-state index in [1.165, 1.54) is 12.8 Å². The molecule has 0 bridgehead atoms. The maximum atomic E-state index is 12.8. The molecule has 2 atom stereocenters. The lowest BCUT2D eigenvalue weighted by molar-refractivity contribution is -0.0752. The van der Waals surface area contributed by atoms with Crippen molar-refractivity contribution in [1.29, 1.82) is 0 Å². The predicted molar refractivity (Wildman–Crippen MR) is 80.3 cm³/mol. The van der Waals surface area contributed by atoms with E-state index in [-0.39, 0.29) is 23.6 Å². The molecule has 5 heteroatoms. The topological polar surface area (TPSA) is 47.4 Å². The summed E-state index contributed by atoms with van der Waals surface area (Å²) in [5, 5.41) is 4.35. The summed E-state index contributed by atoms with van der Waals surface area (Å²) in [5.74, 6) is 0.103. The molecular weight excluding hydrogens is 266 g/mol. The Kier molecular flexibility index (Phi) is 3.78. The van der Waals surface area contributed by atoms with Crippen LogP contribution in [-0.4, -0.2) is 45.9 Å². The first kappa shape index (κ1) is 14.6. The van der Waals surface area contributed by atoms with Gasteiger partial charge in [-0.05, 0) is 33.6 Å². The fourth-order valence-electron chi connectivity index (χ4n) is 3.31. The first-order valence-corrected chi connectivity index (χ1v) is 7.94. The minimum atomic E-state index is -0.100. The Balaban J connectivity index is 1.79. The van der Waals surface area contributed by atoms with Crippen LogP contribution in [-0.2, 0) is 10.3 Å². The van der Waals surface area contributed by atoms with E-state index < -0.39 is 0 Å². The third-order valence-electron chi connectivity index (χ3n) is 4.51. The highest BCUT2D eigenvalue weighted by Crippen LogP contribution is 2.29. The van der Waals surface area contributed by atoms with Gasteiger partial charge in [-0.1, -0.05) is 12.8 Å². The predicted octanol–water partition coefficient (Wildman–Crippen LogP) is 2.42. The van der Waals surface area contributed by atoms with E-state index in [1.807, 2.05) is 15.8 Å². The Morgan fingerprint density at radius 1 is 1.33 bits per heavy atom. The number of ether oxygens (including phenoxy) is 1. The lowest BCUT2D eigenvalue weighted by Gasteiger charge is -2.43. The van der Waals surface area contributed by atoms with Gasteiger partial charge in [-0.2, -0.15) is 5.10 Å². The molecule has 1 saturated carbocycles. The van der Waals surface area contributed by atoms with Crippen molar-refractivity contribution < 1.29 is 9.53 Å². The van der Waals surface area contributed by atoms with E-state index in [9.17, 15) is 4.79 Å². The molecule has 0 radical (unpaired) electrons. The lowest BCUT2D eigenvalue weighted by Crippen LogP contribution is -2.54. The standard InChI is InChI=1S/C16H25N3O2/c1-16(2,3)19-11-12(10-17-19)15(20)18-8-9-21-14-7-5-4-6-13(14)18/h10-11,13-14H,4-9H2,1-3H3/t13-,14+/m1/s1. The maximum absolute atomic E-state index is 12.8. The van der Waals surface area contributed by atoms with Crippen LogP contribution >= 0.6 is 0 Å². The first-order valence-electron chi connectivity index (χ1n) is 7.94. The summed E-state index contributed by atoms with van der Waals surface area (Å²) in [6, 6.07) is 0.248. The zero-order valence-corrected chi connectivity index (χ0v) is 13.2. The lowest BCUT2D eigenvalue weighted by atomic mass is 9.90. The van der Waals surface area contributed by atoms with Gasteiger partial charge in [0.05, 0.1) is 36.1 Å². The molecule has 116 valence electrons. The molecule has 1 aromatic heterocycles. The second kappa shape index (κ2) is 5.44. The fourth-order valence-corrected chi connectivity index (χ4v) is 3.31. The average Bonchev–Trinajstić information content (AvgIpc) is 2.96. The zero-order chi connectivity index (χ0) is 15.0. The van der Waals surface area contributed by atoms with Gasteiger partial charge in [0.2, 0.25) is 0 Å². The third kappa shape index (κ3) is 2.84. The number of hydrogen-bond acceptors (Lipinski definition) is 3. The molecule has 0 N–H and O–H groups in total. The molecule has 1 amide bonds. The monoisotopic (exact) mass is 291 g/mol. The number of rotatable bonds is 1. The Hall–Kier alpha value is -1.36. The number of nitrogens with zero attached hydrogens (tertiary/aromatic N) is 3. The normalized spacial score (nSPS) is 26.5. The number of carbonyl (C=O) groups excluding carboxylic acids is 1. The van der Waals surface area contributed by atoms with Crippen LogP contribution in [0.4, 0.5) is 0 Å². The van der Waals surface area contributed by atoms with Crippen LogP contribution in [0, 0.1) is 0 Å². The summed E-state index contributed by atoms with van der Waals surface area (Å²) < 4.78 is 7.70. The molecule has 21 heavy (non-hydrogen) atoms. The minimum Gasteiger partial charge on any atom is -0.374 e. The van der Waals surface area contributed by atoms with Crippen LogP contribution < -0.4 is 0 Å². The van der Waals surface area contributed by atoms with Crippen molar-refractivity contribution in [3.8, 4) is 0 Å². The SMILES string of the molecule is CC(C)(C)n1cc(C(=O)N2CCO[C@H]3CCCC[C@H]32)cn1. The quantitative estimate of drug-likeness (QED) is 0.798. The Bertz CT molecular complexity index is 516. The highest BCUT2D eigenvalue weighted by Gasteiger charge is 2.37. The summed E-state index contributed by atoms with van der Waals surface area (Å²) in [6.07, 6.45) is 8.34. The van der Waals surface area contributed by atoms with Gasteiger partial charge in [-0.25, -0.2) is 0 Å². The second-order valence-corrected chi connectivity index (χ2v) is 7.10. The van der Waals surface area contributed by atoms with Crippen LogP contribution in [0.5, 0.6) is 0 Å². The first-order chi connectivity index (χ1) is 9.97. The van der Waals surface area contributed by atoms with Gasteiger partial charge in [-0.3, -0.25) is 9.48 Å². The highest BCUT2D eigenvalue weighted by atomic mass is 16.5. The van der Waals surface area contributed by atoms with Gasteiger partial charge in [0.1, 0.15) is 0 Å². The molecule has 0 unspecified atom stereocenters. The number of hydrogen-bond donors (Lipinski definition) is 0. The van der Waals surface area contributed by atoms with Gasteiger partial charge in [0, 0.05) is 12.7 Å². The van der Waals surface area contributed by atoms with Gasteiger partial charge in [0.15, 0.2) is 0 Å². The number of aromatic nitrogens is 2. The summed E-state index contributed by atoms with van der Waals surface area (Å²) >= 11 is 0. The van der Waals surface area contributed by atoms with Crippen LogP contribution in [0.15, 0.2) is 12.4 Å². The third-order valence-corrected chi connectivity index (χ3v) is 4.51. The number of fused-ring (bicyclic) bond motifs is 1. The van der Waals surface area contributed by atoms with E-state index in [2.05, 4.69) is 25.9 Å². The molecule has 3 rings (SSSR count). The molecule has 1 aliphatic carbocycles. The summed E-state index contributed by atoms with van der Waals surface area (Å²) in [6.45, 7) is 7.60. The van der Waals surface area contributed by atoms with Crippen molar-refractivity contribution in [2.75, 3.05) is 13.2 Å². The Morgan fingerprint density at radius 3 is 2.81 bits per heavy atom. The van der Waals surface area contributed by atoms with Crippen LogP contribution in [0.3, 0.4) is 0 Å². The van der Waals surface area contributed by atoms with Crippen LogP contribution in [0.2, 0.25) is 0 Å². The molecule has 2 heterocycles. The summed E-state index contributed by atoms with van der Waals surface area (Å²) in [7, 11) is 0.